The van der Waals surface area contributed by atoms with E-state index in [1.54, 1.807) is 0 Å². The number of hydrogen-bond acceptors (Lipinski definition) is 4. The fourth-order valence-corrected chi connectivity index (χ4v) is 3.60. The van der Waals surface area contributed by atoms with Crippen molar-refractivity contribution in [1.29, 1.82) is 0 Å². The molecule has 142 valence electrons. The summed E-state index contributed by atoms with van der Waals surface area (Å²) in [6.45, 7) is 0.0820. The lowest BCUT2D eigenvalue weighted by Gasteiger charge is -2.14. The molecule has 0 saturated heterocycles. The Morgan fingerprint density at radius 3 is 2.68 bits per heavy atom. The molecule has 0 aliphatic heterocycles. The molecule has 0 saturated carbocycles. The molecule has 4 aromatic rings. The average molecular weight is 415 g/mol. The predicted octanol–water partition coefficient (Wildman–Crippen LogP) is 4.30. The fourth-order valence-electron chi connectivity index (χ4n) is 3.05. The second kappa shape index (κ2) is 7.80. The van der Waals surface area contributed by atoms with Gasteiger partial charge in [0, 0.05) is 5.02 Å². The number of nitrogens with zero attached hydrogens (tertiary/aromatic N) is 2. The van der Waals surface area contributed by atoms with E-state index in [0.717, 1.165) is 10.8 Å². The van der Waals surface area contributed by atoms with E-state index in [2.05, 4.69) is 4.98 Å². The van der Waals surface area contributed by atoms with Gasteiger partial charge in [0.15, 0.2) is 0 Å². The summed E-state index contributed by atoms with van der Waals surface area (Å²) in [4.78, 5) is 16.9. The SMILES string of the molecule is O=c1c2cc(Cl)cc(Cl)c2ncn1CC(O)COc1ccc2ccccc2c1. The molecule has 1 unspecified atom stereocenters. The number of aromatic nitrogens is 2. The molecule has 3 aromatic carbocycles. The largest absolute Gasteiger partial charge is 0.491 e. The van der Waals surface area contributed by atoms with Crippen LogP contribution in [-0.4, -0.2) is 27.4 Å². The lowest BCUT2D eigenvalue weighted by molar-refractivity contribution is 0.0915. The zero-order valence-electron chi connectivity index (χ0n) is 14.7. The predicted molar refractivity (Wildman–Crippen MR) is 111 cm³/mol. The smallest absolute Gasteiger partial charge is 0.261 e. The van der Waals surface area contributed by atoms with Crippen molar-refractivity contribution in [2.45, 2.75) is 12.6 Å². The van der Waals surface area contributed by atoms with E-state index in [9.17, 15) is 9.90 Å². The van der Waals surface area contributed by atoms with Crippen LogP contribution in [0.3, 0.4) is 0 Å². The summed E-state index contributed by atoms with van der Waals surface area (Å²) in [5, 5.41) is 13.5. The minimum atomic E-state index is -0.891. The molecule has 1 aromatic heterocycles. The first kappa shape index (κ1) is 18.7. The third-order valence-corrected chi connectivity index (χ3v) is 4.92. The number of aliphatic hydroxyl groups excluding tert-OH is 1. The molecular weight excluding hydrogens is 399 g/mol. The molecule has 0 fully saturated rings. The van der Waals surface area contributed by atoms with Crippen LogP contribution in [0.2, 0.25) is 10.0 Å². The number of rotatable bonds is 5. The molecule has 0 amide bonds. The van der Waals surface area contributed by atoms with Gasteiger partial charge in [0.1, 0.15) is 18.5 Å². The Morgan fingerprint density at radius 2 is 1.86 bits per heavy atom. The van der Waals surface area contributed by atoms with Gasteiger partial charge >= 0.3 is 0 Å². The van der Waals surface area contributed by atoms with Gasteiger partial charge < -0.3 is 9.84 Å². The minimum absolute atomic E-state index is 0.0408. The third kappa shape index (κ3) is 3.83. The Labute approximate surface area is 170 Å². The van der Waals surface area contributed by atoms with Gasteiger partial charge in [0.2, 0.25) is 0 Å². The average Bonchev–Trinajstić information content (AvgIpc) is 2.68. The van der Waals surface area contributed by atoms with Crippen LogP contribution in [0.4, 0.5) is 0 Å². The molecule has 0 aliphatic rings. The van der Waals surface area contributed by atoms with Crippen molar-refractivity contribution >= 4 is 44.9 Å². The van der Waals surface area contributed by atoms with Crippen molar-refractivity contribution < 1.29 is 9.84 Å². The number of hydrogen-bond donors (Lipinski definition) is 1. The summed E-state index contributed by atoms with van der Waals surface area (Å²) < 4.78 is 7.01. The van der Waals surface area contributed by atoms with Crippen molar-refractivity contribution in [3.8, 4) is 5.75 Å². The van der Waals surface area contributed by atoms with Gasteiger partial charge in [-0.15, -0.1) is 0 Å². The Kier molecular flexibility index (Phi) is 5.22. The van der Waals surface area contributed by atoms with Gasteiger partial charge in [-0.3, -0.25) is 9.36 Å². The molecule has 4 rings (SSSR count). The summed E-state index contributed by atoms with van der Waals surface area (Å²) in [7, 11) is 0. The van der Waals surface area contributed by atoms with E-state index in [-0.39, 0.29) is 18.7 Å². The molecule has 1 atom stereocenters. The summed E-state index contributed by atoms with van der Waals surface area (Å²) in [5.74, 6) is 0.653. The Morgan fingerprint density at radius 1 is 1.07 bits per heavy atom. The van der Waals surface area contributed by atoms with Gasteiger partial charge in [-0.25, -0.2) is 4.98 Å². The molecule has 0 spiro atoms. The van der Waals surface area contributed by atoms with E-state index in [0.29, 0.717) is 26.7 Å². The van der Waals surface area contributed by atoms with E-state index in [4.69, 9.17) is 27.9 Å². The molecular formula is C21H16Cl2N2O3. The molecule has 0 bridgehead atoms. The zero-order valence-corrected chi connectivity index (χ0v) is 16.2. The van der Waals surface area contributed by atoms with Gasteiger partial charge in [0.25, 0.3) is 5.56 Å². The highest BCUT2D eigenvalue weighted by molar-refractivity contribution is 6.38. The topological polar surface area (TPSA) is 64.4 Å². The van der Waals surface area contributed by atoms with Crippen LogP contribution >= 0.6 is 23.2 Å². The summed E-state index contributed by atoms with van der Waals surface area (Å²) >= 11 is 12.1. The zero-order chi connectivity index (χ0) is 19.7. The second-order valence-corrected chi connectivity index (χ2v) is 7.30. The summed E-state index contributed by atoms with van der Waals surface area (Å²) in [5.41, 5.74) is 0.0633. The van der Waals surface area contributed by atoms with Crippen molar-refractivity contribution in [2.75, 3.05) is 6.61 Å². The van der Waals surface area contributed by atoms with Crippen LogP contribution in [0.1, 0.15) is 0 Å². The fraction of sp³-hybridized carbons (Fsp3) is 0.143. The molecule has 1 heterocycles. The number of aliphatic hydroxyl groups is 1. The molecule has 7 heteroatoms. The number of benzene rings is 3. The summed E-state index contributed by atoms with van der Waals surface area (Å²) in [6, 6.07) is 16.7. The van der Waals surface area contributed by atoms with E-state index >= 15 is 0 Å². The highest BCUT2D eigenvalue weighted by Crippen LogP contribution is 2.24. The van der Waals surface area contributed by atoms with Crippen molar-refractivity contribution in [3.63, 3.8) is 0 Å². The highest BCUT2D eigenvalue weighted by Gasteiger charge is 2.12. The molecule has 1 N–H and O–H groups in total. The second-order valence-electron chi connectivity index (χ2n) is 6.46. The quantitative estimate of drug-likeness (QED) is 0.528. The minimum Gasteiger partial charge on any atom is -0.491 e. The summed E-state index contributed by atoms with van der Waals surface area (Å²) in [6.07, 6.45) is 0.474. The first-order valence-corrected chi connectivity index (χ1v) is 9.41. The van der Waals surface area contributed by atoms with Crippen LogP contribution in [0.25, 0.3) is 21.7 Å². The number of fused-ring (bicyclic) bond motifs is 2. The first-order valence-electron chi connectivity index (χ1n) is 8.65. The third-order valence-electron chi connectivity index (χ3n) is 4.42. The van der Waals surface area contributed by atoms with Crippen molar-refractivity contribution in [1.82, 2.24) is 9.55 Å². The molecule has 0 aliphatic carbocycles. The van der Waals surface area contributed by atoms with Crippen LogP contribution in [0.5, 0.6) is 5.75 Å². The lowest BCUT2D eigenvalue weighted by atomic mass is 10.1. The van der Waals surface area contributed by atoms with Crippen LogP contribution in [0, 0.1) is 0 Å². The van der Waals surface area contributed by atoms with Gasteiger partial charge in [-0.2, -0.15) is 0 Å². The first-order chi connectivity index (χ1) is 13.5. The standard InChI is InChI=1S/C21H16Cl2N2O3/c22-15-8-18-20(19(23)9-15)24-12-25(21(18)27)10-16(26)11-28-17-6-5-13-3-1-2-4-14(13)7-17/h1-9,12,16,26H,10-11H2. The van der Waals surface area contributed by atoms with E-state index < -0.39 is 6.10 Å². The Bertz CT molecular complexity index is 1220. The molecule has 0 radical (unpaired) electrons. The van der Waals surface area contributed by atoms with Crippen molar-refractivity contribution in [3.05, 3.63) is 81.3 Å². The Hall–Kier alpha value is -2.60. The van der Waals surface area contributed by atoms with Crippen LogP contribution < -0.4 is 10.3 Å². The van der Waals surface area contributed by atoms with Crippen LogP contribution in [-0.2, 0) is 6.54 Å². The van der Waals surface area contributed by atoms with Gasteiger partial charge in [-0.1, -0.05) is 53.5 Å². The maximum Gasteiger partial charge on any atom is 0.261 e. The number of halogens is 2. The maximum atomic E-state index is 12.6. The van der Waals surface area contributed by atoms with E-state index in [1.165, 1.54) is 23.0 Å². The molecule has 28 heavy (non-hydrogen) atoms. The van der Waals surface area contributed by atoms with Crippen LogP contribution in [0.15, 0.2) is 65.7 Å². The monoisotopic (exact) mass is 414 g/mol. The van der Waals surface area contributed by atoms with Crippen molar-refractivity contribution in [2.24, 2.45) is 0 Å². The van der Waals surface area contributed by atoms with Gasteiger partial charge in [-0.05, 0) is 35.0 Å². The highest BCUT2D eigenvalue weighted by atomic mass is 35.5. The Balaban J connectivity index is 1.49. The lowest BCUT2D eigenvalue weighted by Crippen LogP contribution is -2.30. The normalized spacial score (nSPS) is 12.4. The van der Waals surface area contributed by atoms with Gasteiger partial charge in [0.05, 0.1) is 28.8 Å². The van der Waals surface area contributed by atoms with E-state index in [1.807, 2.05) is 42.5 Å². The maximum absolute atomic E-state index is 12.6. The number of ether oxygens (including phenoxy) is 1. The molecule has 5 nitrogen and oxygen atoms in total.